The third kappa shape index (κ3) is 4.62. The fourth-order valence-corrected chi connectivity index (χ4v) is 3.70. The molecule has 0 spiro atoms. The summed E-state index contributed by atoms with van der Waals surface area (Å²) in [7, 11) is 2.13. The number of hydrogen-bond donors (Lipinski definition) is 1. The molecule has 4 rings (SSSR count). The van der Waals surface area contributed by atoms with E-state index in [1.165, 1.54) is 6.07 Å². The van der Waals surface area contributed by atoms with Crippen molar-refractivity contribution in [1.29, 1.82) is 0 Å². The minimum absolute atomic E-state index is 0.214. The number of anilines is 3. The molecule has 2 amide bonds. The fourth-order valence-electron chi connectivity index (χ4n) is 3.70. The zero-order valence-electron chi connectivity index (χ0n) is 17.5. The van der Waals surface area contributed by atoms with Crippen LogP contribution in [-0.2, 0) is 0 Å². The lowest BCUT2D eigenvalue weighted by Gasteiger charge is -2.35. The summed E-state index contributed by atoms with van der Waals surface area (Å²) >= 11 is 0. The van der Waals surface area contributed by atoms with Gasteiger partial charge >= 0.3 is 6.03 Å². The van der Waals surface area contributed by atoms with Crippen LogP contribution in [0.25, 0.3) is 0 Å². The van der Waals surface area contributed by atoms with Crippen LogP contribution in [-0.4, -0.2) is 85.4 Å². The molecular formula is C21H28FN7O. The molecule has 8 nitrogen and oxygen atoms in total. The molecule has 2 fully saturated rings. The number of nitrogens with zero attached hydrogens (tertiary/aromatic N) is 6. The highest BCUT2D eigenvalue weighted by atomic mass is 19.1. The highest BCUT2D eigenvalue weighted by Gasteiger charge is 2.23. The molecule has 9 heteroatoms. The highest BCUT2D eigenvalue weighted by Crippen LogP contribution is 2.19. The van der Waals surface area contributed by atoms with Gasteiger partial charge in [0.15, 0.2) is 11.6 Å². The number of benzene rings is 1. The van der Waals surface area contributed by atoms with Crippen molar-refractivity contribution in [2.24, 2.45) is 0 Å². The predicted octanol–water partition coefficient (Wildman–Crippen LogP) is 2.03. The van der Waals surface area contributed by atoms with Gasteiger partial charge in [0.25, 0.3) is 0 Å². The quantitative estimate of drug-likeness (QED) is 0.831. The average molecular weight is 414 g/mol. The van der Waals surface area contributed by atoms with E-state index >= 15 is 0 Å². The van der Waals surface area contributed by atoms with E-state index in [9.17, 15) is 9.18 Å². The summed E-state index contributed by atoms with van der Waals surface area (Å²) < 4.78 is 13.7. The zero-order valence-corrected chi connectivity index (χ0v) is 17.5. The summed E-state index contributed by atoms with van der Waals surface area (Å²) in [6, 6.07) is 8.54. The van der Waals surface area contributed by atoms with Crippen LogP contribution < -0.4 is 15.1 Å². The number of carbonyl (C=O) groups is 1. The van der Waals surface area contributed by atoms with Crippen LogP contribution in [0.2, 0.25) is 0 Å². The van der Waals surface area contributed by atoms with Crippen molar-refractivity contribution >= 4 is 23.4 Å². The smallest absolute Gasteiger partial charge is 0.321 e. The number of amides is 2. The van der Waals surface area contributed by atoms with E-state index < -0.39 is 0 Å². The second-order valence-electron chi connectivity index (χ2n) is 7.91. The Balaban J connectivity index is 1.29. The molecule has 160 valence electrons. The second kappa shape index (κ2) is 8.83. The molecule has 3 heterocycles. The van der Waals surface area contributed by atoms with Crippen LogP contribution in [0.5, 0.6) is 0 Å². The minimum atomic E-state index is -0.323. The zero-order chi connectivity index (χ0) is 21.1. The lowest BCUT2D eigenvalue weighted by Crippen LogP contribution is -2.50. The fraction of sp³-hybridized carbons (Fsp3) is 0.476. The molecule has 30 heavy (non-hydrogen) atoms. The number of hydrogen-bond acceptors (Lipinski definition) is 6. The SMILES string of the molecule is Cc1ccc(NC(=O)N2CCN(c3ccc(N4CCN(C)CC4)nn3)CC2)cc1F. The molecule has 0 radical (unpaired) electrons. The van der Waals surface area contributed by atoms with E-state index in [1.54, 1.807) is 24.0 Å². The monoisotopic (exact) mass is 413 g/mol. The van der Waals surface area contributed by atoms with Gasteiger partial charge in [-0.1, -0.05) is 6.07 Å². The van der Waals surface area contributed by atoms with E-state index in [2.05, 4.69) is 37.3 Å². The van der Waals surface area contributed by atoms with E-state index in [1.807, 2.05) is 12.1 Å². The van der Waals surface area contributed by atoms with Gasteiger partial charge in [-0.25, -0.2) is 9.18 Å². The Hall–Kier alpha value is -2.94. The Kier molecular flexibility index (Phi) is 5.98. The largest absolute Gasteiger partial charge is 0.353 e. The van der Waals surface area contributed by atoms with Crippen molar-refractivity contribution in [3.63, 3.8) is 0 Å². The molecule has 1 aromatic carbocycles. The predicted molar refractivity (Wildman–Crippen MR) is 116 cm³/mol. The molecule has 1 N–H and O–H groups in total. The summed E-state index contributed by atoms with van der Waals surface area (Å²) in [5.74, 6) is 1.42. The summed E-state index contributed by atoms with van der Waals surface area (Å²) in [5.41, 5.74) is 1.03. The van der Waals surface area contributed by atoms with Crippen molar-refractivity contribution in [3.05, 3.63) is 41.7 Å². The molecule has 1 aromatic heterocycles. The second-order valence-corrected chi connectivity index (χ2v) is 7.91. The van der Waals surface area contributed by atoms with Crippen molar-refractivity contribution in [2.75, 3.05) is 74.5 Å². The van der Waals surface area contributed by atoms with Crippen LogP contribution in [0, 0.1) is 12.7 Å². The average Bonchev–Trinajstić information content (AvgIpc) is 2.77. The van der Waals surface area contributed by atoms with Gasteiger partial charge in [-0.05, 0) is 43.8 Å². The maximum atomic E-state index is 13.7. The lowest BCUT2D eigenvalue weighted by atomic mass is 10.2. The number of aryl methyl sites for hydroxylation is 1. The van der Waals surface area contributed by atoms with Crippen molar-refractivity contribution in [2.45, 2.75) is 6.92 Å². The number of likely N-dealkylation sites (N-methyl/N-ethyl adjacent to an activating group) is 1. The Morgan fingerprint density at radius 2 is 1.47 bits per heavy atom. The summed E-state index contributed by atoms with van der Waals surface area (Å²) in [5, 5.41) is 11.6. The molecular weight excluding hydrogens is 385 g/mol. The lowest BCUT2D eigenvalue weighted by molar-refractivity contribution is 0.208. The summed E-state index contributed by atoms with van der Waals surface area (Å²) in [6.45, 7) is 8.18. The number of aromatic nitrogens is 2. The van der Waals surface area contributed by atoms with Gasteiger partial charge in [-0.15, -0.1) is 10.2 Å². The Labute approximate surface area is 176 Å². The van der Waals surface area contributed by atoms with Gasteiger partial charge in [-0.2, -0.15) is 0 Å². The van der Waals surface area contributed by atoms with Gasteiger partial charge < -0.3 is 24.9 Å². The third-order valence-corrected chi connectivity index (χ3v) is 5.78. The molecule has 0 bridgehead atoms. The molecule has 2 aromatic rings. The van der Waals surface area contributed by atoms with E-state index in [0.29, 0.717) is 37.4 Å². The van der Waals surface area contributed by atoms with E-state index in [4.69, 9.17) is 0 Å². The number of carbonyl (C=O) groups excluding carboxylic acids is 1. The summed E-state index contributed by atoms with van der Waals surface area (Å²) in [6.07, 6.45) is 0. The first-order valence-electron chi connectivity index (χ1n) is 10.3. The molecule has 0 atom stereocenters. The molecule has 0 aliphatic carbocycles. The summed E-state index contributed by atoms with van der Waals surface area (Å²) in [4.78, 5) is 20.9. The minimum Gasteiger partial charge on any atom is -0.353 e. The molecule has 2 aliphatic rings. The van der Waals surface area contributed by atoms with Crippen molar-refractivity contribution < 1.29 is 9.18 Å². The van der Waals surface area contributed by atoms with Crippen molar-refractivity contribution in [3.8, 4) is 0 Å². The van der Waals surface area contributed by atoms with E-state index in [0.717, 1.165) is 37.8 Å². The molecule has 0 unspecified atom stereocenters. The first kappa shape index (κ1) is 20.3. The Morgan fingerprint density at radius 1 is 0.900 bits per heavy atom. The van der Waals surface area contributed by atoms with Gasteiger partial charge in [0.2, 0.25) is 0 Å². The van der Waals surface area contributed by atoms with Gasteiger partial charge in [-0.3, -0.25) is 0 Å². The van der Waals surface area contributed by atoms with Gasteiger partial charge in [0.05, 0.1) is 0 Å². The number of urea groups is 1. The number of nitrogens with one attached hydrogen (secondary N) is 1. The van der Waals surface area contributed by atoms with E-state index in [-0.39, 0.29) is 11.8 Å². The van der Waals surface area contributed by atoms with Crippen LogP contribution in [0.1, 0.15) is 5.56 Å². The standard InChI is InChI=1S/C21H28FN7O/c1-16-3-4-17(15-18(16)22)23-21(30)29-13-11-28(12-14-29)20-6-5-19(24-25-20)27-9-7-26(2)8-10-27/h3-6,15H,7-14H2,1-2H3,(H,23,30). The van der Waals surface area contributed by atoms with Crippen LogP contribution >= 0.6 is 0 Å². The van der Waals surface area contributed by atoms with Crippen LogP contribution in [0.4, 0.5) is 26.5 Å². The Bertz CT molecular complexity index is 875. The molecule has 2 aliphatic heterocycles. The third-order valence-electron chi connectivity index (χ3n) is 5.78. The Morgan fingerprint density at radius 3 is 2.00 bits per heavy atom. The highest BCUT2D eigenvalue weighted by molar-refractivity contribution is 5.89. The van der Waals surface area contributed by atoms with Crippen LogP contribution in [0.3, 0.4) is 0 Å². The topological polar surface area (TPSA) is 67.8 Å². The first-order chi connectivity index (χ1) is 14.5. The maximum Gasteiger partial charge on any atom is 0.321 e. The van der Waals surface area contributed by atoms with Gasteiger partial charge in [0, 0.05) is 58.0 Å². The van der Waals surface area contributed by atoms with Gasteiger partial charge in [0.1, 0.15) is 5.82 Å². The van der Waals surface area contributed by atoms with Crippen LogP contribution in [0.15, 0.2) is 30.3 Å². The number of halogens is 1. The van der Waals surface area contributed by atoms with Crippen molar-refractivity contribution in [1.82, 2.24) is 20.0 Å². The normalized spacial score (nSPS) is 17.9. The first-order valence-corrected chi connectivity index (χ1v) is 10.3. The molecule has 0 saturated carbocycles. The maximum absolute atomic E-state index is 13.7. The number of rotatable bonds is 3. The number of piperazine rings is 2. The molecule has 2 saturated heterocycles.